The van der Waals surface area contributed by atoms with E-state index in [9.17, 15) is 18.0 Å². The highest BCUT2D eigenvalue weighted by Gasteiger charge is 2.28. The lowest BCUT2D eigenvalue weighted by atomic mass is 10.3. The molecule has 18 heavy (non-hydrogen) atoms. The lowest BCUT2D eigenvalue weighted by Crippen LogP contribution is -2.32. The van der Waals surface area contributed by atoms with Gasteiger partial charge in [0.25, 0.3) is 0 Å². The fourth-order valence-corrected chi connectivity index (χ4v) is 1.49. The average Bonchev–Trinajstić information content (AvgIpc) is 2.12. The molecule has 0 radical (unpaired) electrons. The minimum absolute atomic E-state index is 0.223. The van der Waals surface area contributed by atoms with Crippen molar-refractivity contribution in [2.75, 3.05) is 11.9 Å². The van der Waals surface area contributed by atoms with Crippen molar-refractivity contribution in [1.82, 2.24) is 5.48 Å². The van der Waals surface area contributed by atoms with E-state index >= 15 is 0 Å². The second kappa shape index (κ2) is 6.12. The third-order valence-corrected chi connectivity index (χ3v) is 1.96. The Morgan fingerprint density at radius 3 is 2.28 bits per heavy atom. The fourth-order valence-electron chi connectivity index (χ4n) is 0.966. The van der Waals surface area contributed by atoms with E-state index in [1.54, 1.807) is 5.48 Å². The van der Waals surface area contributed by atoms with Gasteiger partial charge >= 0.3 is 12.2 Å². The number of anilines is 1. The van der Waals surface area contributed by atoms with E-state index in [-0.39, 0.29) is 15.7 Å². The SMILES string of the molecule is O=C(NOCC(F)(F)F)Nc1cc(Cl)cc(Cl)c1. The lowest BCUT2D eigenvalue weighted by Gasteiger charge is -2.09. The van der Waals surface area contributed by atoms with E-state index < -0.39 is 18.8 Å². The summed E-state index contributed by atoms with van der Waals surface area (Å²) in [6.07, 6.45) is -4.52. The Labute approximate surface area is 110 Å². The molecule has 0 fully saturated rings. The van der Waals surface area contributed by atoms with Crippen molar-refractivity contribution in [3.8, 4) is 0 Å². The van der Waals surface area contributed by atoms with Gasteiger partial charge in [-0.3, -0.25) is 4.84 Å². The standard InChI is InChI=1S/C9H7Cl2F3N2O2/c10-5-1-6(11)3-7(2-5)15-8(17)16-18-4-9(12,13)14/h1-3H,4H2,(H2,15,16,17). The van der Waals surface area contributed by atoms with Crippen molar-refractivity contribution in [1.29, 1.82) is 0 Å². The van der Waals surface area contributed by atoms with Crippen molar-refractivity contribution < 1.29 is 22.8 Å². The third-order valence-electron chi connectivity index (χ3n) is 1.52. The molecule has 0 aromatic heterocycles. The van der Waals surface area contributed by atoms with Crippen molar-refractivity contribution in [2.45, 2.75) is 6.18 Å². The van der Waals surface area contributed by atoms with Gasteiger partial charge in [-0.1, -0.05) is 23.2 Å². The Balaban J connectivity index is 2.45. The number of benzene rings is 1. The molecule has 0 bridgehead atoms. The van der Waals surface area contributed by atoms with Crippen LogP contribution in [0.2, 0.25) is 10.0 Å². The summed E-state index contributed by atoms with van der Waals surface area (Å²) in [5.74, 6) is 0. The molecule has 0 unspecified atom stereocenters. The van der Waals surface area contributed by atoms with Crippen molar-refractivity contribution in [3.63, 3.8) is 0 Å². The third kappa shape index (κ3) is 5.95. The number of hydrogen-bond acceptors (Lipinski definition) is 2. The summed E-state index contributed by atoms with van der Waals surface area (Å²) in [5, 5.41) is 2.74. The van der Waals surface area contributed by atoms with Crippen molar-refractivity contribution in [3.05, 3.63) is 28.2 Å². The smallest absolute Gasteiger partial charge is 0.306 e. The van der Waals surface area contributed by atoms with Crippen LogP contribution in [0, 0.1) is 0 Å². The van der Waals surface area contributed by atoms with Crippen LogP contribution in [0.25, 0.3) is 0 Å². The number of hydrogen-bond donors (Lipinski definition) is 2. The van der Waals surface area contributed by atoms with Gasteiger partial charge in [-0.15, -0.1) is 0 Å². The van der Waals surface area contributed by atoms with Gasteiger partial charge < -0.3 is 5.32 Å². The molecule has 0 aliphatic rings. The van der Waals surface area contributed by atoms with Gasteiger partial charge in [0.1, 0.15) is 0 Å². The minimum atomic E-state index is -4.52. The van der Waals surface area contributed by atoms with E-state index in [4.69, 9.17) is 23.2 Å². The van der Waals surface area contributed by atoms with E-state index in [2.05, 4.69) is 10.2 Å². The number of carbonyl (C=O) groups excluding carboxylic acids is 1. The summed E-state index contributed by atoms with van der Waals surface area (Å²) >= 11 is 11.3. The molecule has 0 saturated heterocycles. The second-order valence-corrected chi connectivity index (χ2v) is 3.99. The first-order valence-electron chi connectivity index (χ1n) is 4.48. The van der Waals surface area contributed by atoms with Crippen LogP contribution in [0.5, 0.6) is 0 Å². The molecule has 1 aromatic rings. The van der Waals surface area contributed by atoms with Gasteiger partial charge in [0.05, 0.1) is 0 Å². The van der Waals surface area contributed by atoms with Crippen LogP contribution < -0.4 is 10.8 Å². The topological polar surface area (TPSA) is 50.4 Å². The van der Waals surface area contributed by atoms with Gasteiger partial charge in [0.15, 0.2) is 6.61 Å². The fraction of sp³-hybridized carbons (Fsp3) is 0.222. The van der Waals surface area contributed by atoms with Crippen LogP contribution in [0.3, 0.4) is 0 Å². The first-order valence-corrected chi connectivity index (χ1v) is 5.23. The molecule has 4 nitrogen and oxygen atoms in total. The summed E-state index contributed by atoms with van der Waals surface area (Å²) < 4.78 is 35.1. The number of halogens is 5. The molecule has 0 aliphatic carbocycles. The number of alkyl halides is 3. The second-order valence-electron chi connectivity index (χ2n) is 3.12. The lowest BCUT2D eigenvalue weighted by molar-refractivity contribution is -0.183. The van der Waals surface area contributed by atoms with Gasteiger partial charge in [0, 0.05) is 15.7 Å². The molecular weight excluding hydrogens is 296 g/mol. The Morgan fingerprint density at radius 2 is 1.78 bits per heavy atom. The molecule has 2 N–H and O–H groups in total. The highest BCUT2D eigenvalue weighted by Crippen LogP contribution is 2.22. The summed E-state index contributed by atoms with van der Waals surface area (Å²) in [6.45, 7) is -1.59. The maximum absolute atomic E-state index is 11.7. The molecule has 2 amide bonds. The van der Waals surface area contributed by atoms with Gasteiger partial charge in [0.2, 0.25) is 0 Å². The number of urea groups is 1. The maximum Gasteiger partial charge on any atom is 0.414 e. The molecule has 0 aliphatic heterocycles. The Morgan fingerprint density at radius 1 is 1.22 bits per heavy atom. The molecule has 1 aromatic carbocycles. The summed E-state index contributed by atoms with van der Waals surface area (Å²) in [7, 11) is 0. The Hall–Kier alpha value is -1.18. The Kier molecular flexibility index (Phi) is 5.06. The van der Waals surface area contributed by atoms with Crippen LogP contribution in [0.4, 0.5) is 23.7 Å². The molecule has 0 heterocycles. The van der Waals surface area contributed by atoms with E-state index in [1.807, 2.05) is 0 Å². The van der Waals surface area contributed by atoms with Crippen molar-refractivity contribution >= 4 is 34.9 Å². The predicted molar refractivity (Wildman–Crippen MR) is 60.6 cm³/mol. The van der Waals surface area contributed by atoms with Crippen LogP contribution in [0.15, 0.2) is 18.2 Å². The molecule has 100 valence electrons. The van der Waals surface area contributed by atoms with Crippen LogP contribution >= 0.6 is 23.2 Å². The zero-order valence-corrected chi connectivity index (χ0v) is 10.2. The van der Waals surface area contributed by atoms with E-state index in [1.165, 1.54) is 18.2 Å². The first-order chi connectivity index (χ1) is 8.26. The zero-order valence-electron chi connectivity index (χ0n) is 8.65. The molecular formula is C9H7Cl2F3N2O2. The summed E-state index contributed by atoms with van der Waals surface area (Å²) in [6, 6.07) is 3.21. The molecule has 0 saturated carbocycles. The minimum Gasteiger partial charge on any atom is -0.306 e. The highest BCUT2D eigenvalue weighted by molar-refractivity contribution is 6.35. The van der Waals surface area contributed by atoms with Crippen LogP contribution in [0.1, 0.15) is 0 Å². The average molecular weight is 303 g/mol. The van der Waals surface area contributed by atoms with Gasteiger partial charge in [-0.05, 0) is 18.2 Å². The number of hydroxylamine groups is 1. The highest BCUT2D eigenvalue weighted by atomic mass is 35.5. The number of nitrogens with one attached hydrogen (secondary N) is 2. The number of rotatable bonds is 3. The largest absolute Gasteiger partial charge is 0.414 e. The normalized spacial score (nSPS) is 11.2. The van der Waals surface area contributed by atoms with Crippen molar-refractivity contribution in [2.24, 2.45) is 0 Å². The monoisotopic (exact) mass is 302 g/mol. The first kappa shape index (κ1) is 14.9. The van der Waals surface area contributed by atoms with Crippen LogP contribution in [-0.4, -0.2) is 18.8 Å². The molecule has 0 spiro atoms. The summed E-state index contributed by atoms with van der Waals surface area (Å²) in [4.78, 5) is 15.1. The number of amides is 2. The quantitative estimate of drug-likeness (QED) is 0.838. The molecule has 0 atom stereocenters. The number of carbonyl (C=O) groups is 1. The van der Waals surface area contributed by atoms with E-state index in [0.29, 0.717) is 0 Å². The molecule has 9 heteroatoms. The van der Waals surface area contributed by atoms with Gasteiger partial charge in [-0.2, -0.15) is 13.2 Å². The van der Waals surface area contributed by atoms with Crippen LogP contribution in [-0.2, 0) is 4.84 Å². The zero-order chi connectivity index (χ0) is 13.8. The molecule has 1 rings (SSSR count). The maximum atomic E-state index is 11.7. The predicted octanol–water partition coefficient (Wildman–Crippen LogP) is 3.61. The van der Waals surface area contributed by atoms with Gasteiger partial charge in [-0.25, -0.2) is 10.3 Å². The van der Waals surface area contributed by atoms with E-state index in [0.717, 1.165) is 0 Å². The summed E-state index contributed by atoms with van der Waals surface area (Å²) in [5.41, 5.74) is 1.79. The Bertz CT molecular complexity index is 420.